The summed E-state index contributed by atoms with van der Waals surface area (Å²) in [5.41, 5.74) is 0. The van der Waals surface area contributed by atoms with E-state index in [1.807, 2.05) is 11.0 Å². The van der Waals surface area contributed by atoms with Crippen molar-refractivity contribution >= 4 is 17.6 Å². The van der Waals surface area contributed by atoms with Crippen LogP contribution >= 0.6 is 0 Å². The molecule has 2 heterocycles. The third-order valence-electron chi connectivity index (χ3n) is 3.21. The van der Waals surface area contributed by atoms with Gasteiger partial charge in [0.05, 0.1) is 5.92 Å². The van der Waals surface area contributed by atoms with Gasteiger partial charge in [-0.05, 0) is 12.3 Å². The molecule has 0 saturated carbocycles. The fraction of sp³-hybridized carbons (Fsp3) is 0.615. The maximum absolute atomic E-state index is 11.0. The predicted molar refractivity (Wildman–Crippen MR) is 73.3 cm³/mol. The summed E-state index contributed by atoms with van der Waals surface area (Å²) < 4.78 is 0. The average molecular weight is 264 g/mol. The fourth-order valence-corrected chi connectivity index (χ4v) is 2.10. The number of carboxylic acid groups (broad SMARTS) is 1. The molecule has 0 radical (unpaired) electrons. The van der Waals surface area contributed by atoms with Gasteiger partial charge < -0.3 is 15.3 Å². The lowest BCUT2D eigenvalue weighted by Gasteiger charge is -2.17. The van der Waals surface area contributed by atoms with Crippen LogP contribution in [0.2, 0.25) is 0 Å². The SMILES string of the molecule is CC(C)CNc1cc(N2CCC(C(=O)O)C2)ncn1. The molecule has 6 heteroatoms. The van der Waals surface area contributed by atoms with E-state index in [9.17, 15) is 4.79 Å². The summed E-state index contributed by atoms with van der Waals surface area (Å²) in [7, 11) is 0. The Morgan fingerprint density at radius 3 is 3.00 bits per heavy atom. The molecule has 0 aliphatic carbocycles. The van der Waals surface area contributed by atoms with Crippen LogP contribution in [-0.2, 0) is 4.79 Å². The molecule has 104 valence electrons. The number of carboxylic acids is 1. The third kappa shape index (κ3) is 3.56. The van der Waals surface area contributed by atoms with Crippen molar-refractivity contribution < 1.29 is 9.90 Å². The smallest absolute Gasteiger partial charge is 0.308 e. The van der Waals surface area contributed by atoms with Crippen molar-refractivity contribution in [2.45, 2.75) is 20.3 Å². The second kappa shape index (κ2) is 5.86. The van der Waals surface area contributed by atoms with E-state index in [4.69, 9.17) is 5.11 Å². The van der Waals surface area contributed by atoms with Gasteiger partial charge in [-0.2, -0.15) is 0 Å². The number of aromatic nitrogens is 2. The Balaban J connectivity index is 2.01. The van der Waals surface area contributed by atoms with E-state index >= 15 is 0 Å². The molecular weight excluding hydrogens is 244 g/mol. The molecule has 1 aliphatic heterocycles. The quantitative estimate of drug-likeness (QED) is 0.838. The number of nitrogens with one attached hydrogen (secondary N) is 1. The Morgan fingerprint density at radius 1 is 1.58 bits per heavy atom. The molecule has 1 fully saturated rings. The molecule has 0 aromatic carbocycles. The van der Waals surface area contributed by atoms with Gasteiger partial charge in [-0.1, -0.05) is 13.8 Å². The first kappa shape index (κ1) is 13.6. The highest BCUT2D eigenvalue weighted by Gasteiger charge is 2.28. The Morgan fingerprint density at radius 2 is 2.37 bits per heavy atom. The van der Waals surface area contributed by atoms with Gasteiger partial charge in [-0.3, -0.25) is 4.79 Å². The van der Waals surface area contributed by atoms with E-state index in [1.54, 1.807) is 0 Å². The van der Waals surface area contributed by atoms with Crippen LogP contribution < -0.4 is 10.2 Å². The molecule has 1 aromatic rings. The number of hydrogen-bond acceptors (Lipinski definition) is 5. The van der Waals surface area contributed by atoms with Crippen molar-refractivity contribution in [1.82, 2.24) is 9.97 Å². The lowest BCUT2D eigenvalue weighted by atomic mass is 10.1. The molecule has 2 rings (SSSR count). The number of anilines is 2. The lowest BCUT2D eigenvalue weighted by Crippen LogP contribution is -2.23. The molecule has 0 spiro atoms. The summed E-state index contributed by atoms with van der Waals surface area (Å²) in [5.74, 6) is 1.11. The Labute approximate surface area is 112 Å². The van der Waals surface area contributed by atoms with Crippen molar-refractivity contribution in [3.8, 4) is 0 Å². The molecule has 19 heavy (non-hydrogen) atoms. The molecule has 6 nitrogen and oxygen atoms in total. The van der Waals surface area contributed by atoms with E-state index < -0.39 is 5.97 Å². The van der Waals surface area contributed by atoms with Crippen LogP contribution in [0.3, 0.4) is 0 Å². The number of carbonyl (C=O) groups is 1. The summed E-state index contributed by atoms with van der Waals surface area (Å²) in [6, 6.07) is 1.88. The summed E-state index contributed by atoms with van der Waals surface area (Å²) in [6.07, 6.45) is 2.19. The first-order chi connectivity index (χ1) is 9.06. The molecule has 1 atom stereocenters. The van der Waals surface area contributed by atoms with Gasteiger partial charge in [-0.25, -0.2) is 9.97 Å². The zero-order valence-electron chi connectivity index (χ0n) is 11.3. The predicted octanol–water partition coefficient (Wildman–Crippen LogP) is 1.46. The Hall–Kier alpha value is -1.85. The topological polar surface area (TPSA) is 78.4 Å². The molecule has 0 amide bonds. The Kier molecular flexibility index (Phi) is 4.19. The van der Waals surface area contributed by atoms with Crippen LogP contribution in [0.4, 0.5) is 11.6 Å². The maximum Gasteiger partial charge on any atom is 0.308 e. The van der Waals surface area contributed by atoms with E-state index in [0.717, 1.165) is 24.7 Å². The molecule has 1 unspecified atom stereocenters. The number of nitrogens with zero attached hydrogens (tertiary/aromatic N) is 3. The van der Waals surface area contributed by atoms with Gasteiger partial charge >= 0.3 is 5.97 Å². The second-order valence-electron chi connectivity index (χ2n) is 5.31. The molecule has 2 N–H and O–H groups in total. The van der Waals surface area contributed by atoms with Crippen molar-refractivity contribution in [2.24, 2.45) is 11.8 Å². The minimum atomic E-state index is -0.727. The van der Waals surface area contributed by atoms with Crippen molar-refractivity contribution in [3.63, 3.8) is 0 Å². The zero-order valence-corrected chi connectivity index (χ0v) is 11.3. The number of aliphatic carboxylic acids is 1. The molecule has 0 bridgehead atoms. The van der Waals surface area contributed by atoms with Crippen molar-refractivity contribution in [2.75, 3.05) is 29.9 Å². The average Bonchev–Trinajstić information content (AvgIpc) is 2.86. The normalized spacial score (nSPS) is 18.9. The summed E-state index contributed by atoms with van der Waals surface area (Å²) in [6.45, 7) is 6.38. The van der Waals surface area contributed by atoms with Gasteiger partial charge in [0.25, 0.3) is 0 Å². The molecule has 1 aromatic heterocycles. The van der Waals surface area contributed by atoms with Crippen molar-refractivity contribution in [1.29, 1.82) is 0 Å². The third-order valence-corrected chi connectivity index (χ3v) is 3.21. The monoisotopic (exact) mass is 264 g/mol. The highest BCUT2D eigenvalue weighted by Crippen LogP contribution is 2.23. The van der Waals surface area contributed by atoms with Crippen LogP contribution in [0.25, 0.3) is 0 Å². The molecular formula is C13H20N4O2. The van der Waals surface area contributed by atoms with Crippen LogP contribution in [0.1, 0.15) is 20.3 Å². The van der Waals surface area contributed by atoms with Gasteiger partial charge in [0.15, 0.2) is 0 Å². The van der Waals surface area contributed by atoms with E-state index in [0.29, 0.717) is 18.9 Å². The van der Waals surface area contributed by atoms with Gasteiger partial charge in [0.1, 0.15) is 18.0 Å². The Bertz CT molecular complexity index is 450. The van der Waals surface area contributed by atoms with Gasteiger partial charge in [0.2, 0.25) is 0 Å². The number of hydrogen-bond donors (Lipinski definition) is 2. The first-order valence-electron chi connectivity index (χ1n) is 6.60. The minimum absolute atomic E-state index is 0.290. The van der Waals surface area contributed by atoms with Crippen LogP contribution in [0, 0.1) is 11.8 Å². The second-order valence-corrected chi connectivity index (χ2v) is 5.31. The highest BCUT2D eigenvalue weighted by molar-refractivity contribution is 5.72. The van der Waals surface area contributed by atoms with Crippen molar-refractivity contribution in [3.05, 3.63) is 12.4 Å². The largest absolute Gasteiger partial charge is 0.481 e. The summed E-state index contributed by atoms with van der Waals surface area (Å²) in [4.78, 5) is 21.3. The first-order valence-corrected chi connectivity index (χ1v) is 6.60. The van der Waals surface area contributed by atoms with E-state index in [-0.39, 0.29) is 5.92 Å². The maximum atomic E-state index is 11.0. The highest BCUT2D eigenvalue weighted by atomic mass is 16.4. The minimum Gasteiger partial charge on any atom is -0.481 e. The summed E-state index contributed by atoms with van der Waals surface area (Å²) >= 11 is 0. The standard InChI is InChI=1S/C13H20N4O2/c1-9(2)6-14-11-5-12(16-8-15-11)17-4-3-10(7-17)13(18)19/h5,8-10H,3-4,6-7H2,1-2H3,(H,18,19)(H,14,15,16). The molecule has 1 saturated heterocycles. The lowest BCUT2D eigenvalue weighted by molar-refractivity contribution is -0.140. The van der Waals surface area contributed by atoms with Gasteiger partial charge in [0, 0.05) is 25.7 Å². The summed E-state index contributed by atoms with van der Waals surface area (Å²) in [5, 5.41) is 12.3. The zero-order chi connectivity index (χ0) is 13.8. The van der Waals surface area contributed by atoms with Crippen LogP contribution in [-0.4, -0.2) is 40.7 Å². The van der Waals surface area contributed by atoms with E-state index in [1.165, 1.54) is 6.33 Å². The van der Waals surface area contributed by atoms with Crippen LogP contribution in [0.5, 0.6) is 0 Å². The molecule has 1 aliphatic rings. The van der Waals surface area contributed by atoms with Gasteiger partial charge in [-0.15, -0.1) is 0 Å². The van der Waals surface area contributed by atoms with Crippen LogP contribution in [0.15, 0.2) is 12.4 Å². The van der Waals surface area contributed by atoms with E-state index in [2.05, 4.69) is 29.1 Å². The number of rotatable bonds is 5. The fourth-order valence-electron chi connectivity index (χ4n) is 2.10.